The van der Waals surface area contributed by atoms with E-state index in [0.717, 1.165) is 24.1 Å². The zero-order valence-electron chi connectivity index (χ0n) is 24.0. The Morgan fingerprint density at radius 2 is 1.72 bits per heavy atom. The number of imidazole rings is 1. The molecular weight excluding hydrogens is 548 g/mol. The largest absolute Gasteiger partial charge is 0.388 e. The van der Waals surface area contributed by atoms with Gasteiger partial charge in [0.15, 0.2) is 17.0 Å². The van der Waals surface area contributed by atoms with Crippen LogP contribution in [0.5, 0.6) is 0 Å². The number of fused-ring (bicyclic) bond motifs is 1. The molecule has 1 aliphatic carbocycles. The second-order valence-electron chi connectivity index (χ2n) is 11.5. The van der Waals surface area contributed by atoms with Crippen molar-refractivity contribution in [2.75, 3.05) is 29.9 Å². The van der Waals surface area contributed by atoms with Gasteiger partial charge in [-0.15, -0.1) is 0 Å². The molecule has 43 heavy (non-hydrogen) atoms. The summed E-state index contributed by atoms with van der Waals surface area (Å²) in [5, 5.41) is 37.6. The van der Waals surface area contributed by atoms with Crippen LogP contribution in [0.3, 0.4) is 0 Å². The van der Waals surface area contributed by atoms with Crippen molar-refractivity contribution in [1.82, 2.24) is 24.8 Å². The first-order valence-electron chi connectivity index (χ1n) is 14.7. The van der Waals surface area contributed by atoms with E-state index in [4.69, 9.17) is 15.7 Å². The second kappa shape index (κ2) is 12.3. The zero-order chi connectivity index (χ0) is 30.1. The van der Waals surface area contributed by atoms with Gasteiger partial charge in [-0.3, -0.25) is 4.79 Å². The van der Waals surface area contributed by atoms with Gasteiger partial charge in [-0.25, -0.2) is 4.98 Å². The van der Waals surface area contributed by atoms with Gasteiger partial charge in [0.05, 0.1) is 18.4 Å². The van der Waals surface area contributed by atoms with Crippen molar-refractivity contribution >= 4 is 28.8 Å². The Bertz CT molecular complexity index is 1510. The third kappa shape index (κ3) is 5.91. The molecule has 1 saturated heterocycles. The number of carbonyl (C=O) groups is 1. The Hall–Kier alpha value is -4.10. The highest BCUT2D eigenvalue weighted by atomic mass is 16.3. The lowest BCUT2D eigenvalue weighted by molar-refractivity contribution is -0.130. The van der Waals surface area contributed by atoms with Crippen LogP contribution in [0.2, 0.25) is 0 Å². The van der Waals surface area contributed by atoms with Crippen LogP contribution < -0.4 is 21.3 Å². The van der Waals surface area contributed by atoms with Crippen LogP contribution in [0.1, 0.15) is 42.9 Å². The normalized spacial score (nSPS) is 24.5. The molecule has 226 valence electrons. The summed E-state index contributed by atoms with van der Waals surface area (Å²) >= 11 is 0. The lowest BCUT2D eigenvalue weighted by atomic mass is 9.91. The fourth-order valence-corrected chi connectivity index (χ4v) is 6.11. The van der Waals surface area contributed by atoms with Gasteiger partial charge in [-0.1, -0.05) is 60.7 Å². The number of amides is 1. The first kappa shape index (κ1) is 29.0. The number of hydrogen-bond donors (Lipinski definition) is 6. The maximum absolute atomic E-state index is 12.1. The first-order chi connectivity index (χ1) is 20.8. The molecule has 1 saturated carbocycles. The summed E-state index contributed by atoms with van der Waals surface area (Å²) in [6.45, 7) is 3.23. The molecule has 0 bridgehead atoms. The third-order valence-electron chi connectivity index (χ3n) is 8.51. The number of hydrogen-bond acceptors (Lipinski definition) is 10. The van der Waals surface area contributed by atoms with Crippen LogP contribution in [0.25, 0.3) is 11.2 Å². The van der Waals surface area contributed by atoms with Crippen molar-refractivity contribution in [3.05, 3.63) is 78.1 Å². The minimum Gasteiger partial charge on any atom is -0.388 e. The maximum Gasteiger partial charge on any atom is 0.248 e. The lowest BCUT2D eigenvalue weighted by Gasteiger charge is -2.22. The van der Waals surface area contributed by atoms with Crippen molar-refractivity contribution in [1.29, 1.82) is 0 Å². The Kier molecular flexibility index (Phi) is 8.26. The van der Waals surface area contributed by atoms with Crippen LogP contribution in [0.4, 0.5) is 11.8 Å². The van der Waals surface area contributed by atoms with E-state index in [0.29, 0.717) is 36.0 Å². The van der Waals surface area contributed by atoms with Gasteiger partial charge >= 0.3 is 0 Å². The molecule has 1 unspecified atom stereocenters. The summed E-state index contributed by atoms with van der Waals surface area (Å²) in [4.78, 5) is 28.6. The molecule has 2 aromatic carbocycles. The molecule has 4 aromatic rings. The van der Waals surface area contributed by atoms with E-state index in [2.05, 4.69) is 39.9 Å². The van der Waals surface area contributed by atoms with Crippen molar-refractivity contribution in [3.8, 4) is 0 Å². The summed E-state index contributed by atoms with van der Waals surface area (Å²) in [5.74, 6) is 0.499. The smallest absolute Gasteiger partial charge is 0.248 e. The molecular formula is C31H38N8O4. The van der Waals surface area contributed by atoms with Crippen LogP contribution in [-0.2, 0) is 4.79 Å². The fraction of sp³-hybridized carbons (Fsp3) is 0.419. The van der Waals surface area contributed by atoms with E-state index in [1.54, 1.807) is 10.9 Å². The average Bonchev–Trinajstić information content (AvgIpc) is 3.72. The van der Waals surface area contributed by atoms with Gasteiger partial charge in [0.1, 0.15) is 18.3 Å². The highest BCUT2D eigenvalue weighted by molar-refractivity contribution is 5.85. The van der Waals surface area contributed by atoms with E-state index in [9.17, 15) is 20.1 Å². The van der Waals surface area contributed by atoms with Gasteiger partial charge in [-0.05, 0) is 30.9 Å². The van der Waals surface area contributed by atoms with Crippen molar-refractivity contribution in [3.63, 3.8) is 0 Å². The van der Waals surface area contributed by atoms with E-state index >= 15 is 0 Å². The van der Waals surface area contributed by atoms with Crippen LogP contribution >= 0.6 is 0 Å². The minimum absolute atomic E-state index is 0.0197. The van der Waals surface area contributed by atoms with E-state index < -0.39 is 36.3 Å². The number of aliphatic hydroxyl groups excluding tert-OH is 3. The number of carbonyl (C=O) groups excluding carboxylic acids is 1. The standard InChI is InChI=1S/C31H38N8O4/c1-18(40)30(43)35-23-14-24(27(42)26(23)41)39-17-34-25-28(36-31(37-29(25)39)38-13-12-21(32)16-38)33-15-22(19-8-4-2-5-9-19)20-10-6-3-7-11-20/h2-11,17-18,21-24,26-27,40-42H,12-16,32H2,1H3,(H,35,43)(H,33,36,37)/t18?,21-,23+,24-,26-,27+/m1/s1. The first-order valence-corrected chi connectivity index (χ1v) is 14.7. The van der Waals surface area contributed by atoms with E-state index in [-0.39, 0.29) is 18.4 Å². The molecule has 0 radical (unpaired) electrons. The highest BCUT2D eigenvalue weighted by Gasteiger charge is 2.44. The Morgan fingerprint density at radius 3 is 2.33 bits per heavy atom. The lowest BCUT2D eigenvalue weighted by Crippen LogP contribution is -2.46. The van der Waals surface area contributed by atoms with Crippen molar-refractivity contribution in [2.24, 2.45) is 5.73 Å². The molecule has 6 atom stereocenters. The SMILES string of the molecule is CC(O)C(=O)N[C@H]1C[C@@H](n2cnc3c(NCC(c4ccccc4)c4ccccc4)nc(N4CC[C@@H](N)C4)nc32)[C@H](O)[C@@H]1O. The molecule has 2 fully saturated rings. The molecule has 6 rings (SSSR count). The zero-order valence-corrected chi connectivity index (χ0v) is 24.0. The molecule has 12 nitrogen and oxygen atoms in total. The topological polar surface area (TPSA) is 175 Å². The fourth-order valence-electron chi connectivity index (χ4n) is 6.11. The minimum atomic E-state index is -1.23. The Balaban J connectivity index is 1.35. The van der Waals surface area contributed by atoms with Crippen LogP contribution in [0, 0.1) is 0 Å². The number of aromatic nitrogens is 4. The molecule has 2 aromatic heterocycles. The number of anilines is 2. The predicted molar refractivity (Wildman–Crippen MR) is 163 cm³/mol. The van der Waals surface area contributed by atoms with Gasteiger partial charge in [-0.2, -0.15) is 9.97 Å². The van der Waals surface area contributed by atoms with E-state index in [1.165, 1.54) is 6.92 Å². The molecule has 12 heteroatoms. The molecule has 2 aliphatic rings. The summed E-state index contributed by atoms with van der Waals surface area (Å²) in [5.41, 5.74) is 9.58. The van der Waals surface area contributed by atoms with Gasteiger partial charge < -0.3 is 41.2 Å². The number of nitrogens with one attached hydrogen (secondary N) is 2. The van der Waals surface area contributed by atoms with Crippen LogP contribution in [0.15, 0.2) is 67.0 Å². The molecule has 1 aliphatic heterocycles. The highest BCUT2D eigenvalue weighted by Crippen LogP contribution is 2.35. The van der Waals surface area contributed by atoms with Gasteiger partial charge in [0.25, 0.3) is 0 Å². The number of nitrogens with two attached hydrogens (primary N) is 1. The summed E-state index contributed by atoms with van der Waals surface area (Å²) in [7, 11) is 0. The summed E-state index contributed by atoms with van der Waals surface area (Å²) in [6, 6.07) is 19.2. The van der Waals surface area contributed by atoms with Crippen molar-refractivity contribution < 1.29 is 20.1 Å². The number of aliphatic hydroxyl groups is 3. The average molecular weight is 587 g/mol. The summed E-state index contributed by atoms with van der Waals surface area (Å²) < 4.78 is 1.75. The predicted octanol–water partition coefficient (Wildman–Crippen LogP) is 1.14. The Morgan fingerprint density at radius 1 is 1.05 bits per heavy atom. The quantitative estimate of drug-likeness (QED) is 0.167. The number of rotatable bonds is 9. The van der Waals surface area contributed by atoms with E-state index in [1.807, 2.05) is 41.3 Å². The second-order valence-corrected chi connectivity index (χ2v) is 11.5. The monoisotopic (exact) mass is 586 g/mol. The molecule has 1 amide bonds. The Labute approximate surface area is 249 Å². The molecule has 7 N–H and O–H groups in total. The van der Waals surface area contributed by atoms with Gasteiger partial charge in [0.2, 0.25) is 11.9 Å². The third-order valence-corrected chi connectivity index (χ3v) is 8.51. The maximum atomic E-state index is 12.1. The molecule has 3 heterocycles. The molecule has 0 spiro atoms. The number of nitrogens with zero attached hydrogens (tertiary/aromatic N) is 5. The van der Waals surface area contributed by atoms with Crippen LogP contribution in [-0.4, -0.2) is 90.8 Å². The number of benzene rings is 2. The summed E-state index contributed by atoms with van der Waals surface area (Å²) in [6.07, 6.45) is -0.997. The van der Waals surface area contributed by atoms with Gasteiger partial charge in [0, 0.05) is 31.6 Å². The van der Waals surface area contributed by atoms with Crippen molar-refractivity contribution in [2.45, 2.75) is 62.1 Å².